The van der Waals surface area contributed by atoms with Gasteiger partial charge in [-0.15, -0.1) is 0 Å². The Morgan fingerprint density at radius 2 is 2.19 bits per heavy atom. The number of hydrogen-bond donors (Lipinski definition) is 1. The average Bonchev–Trinajstić information content (AvgIpc) is 3.29. The highest BCUT2D eigenvalue weighted by Crippen LogP contribution is 2.25. The van der Waals surface area contributed by atoms with E-state index in [0.29, 0.717) is 34.0 Å². The monoisotopic (exact) mass is 424 g/mol. The zero-order valence-corrected chi connectivity index (χ0v) is 16.9. The minimum absolute atomic E-state index is 0.172. The van der Waals surface area contributed by atoms with Crippen LogP contribution in [0.3, 0.4) is 0 Å². The molecule has 0 saturated heterocycles. The number of hydrogen-bond acceptors (Lipinski definition) is 6. The van der Waals surface area contributed by atoms with E-state index in [1.165, 1.54) is 0 Å². The second-order valence-corrected chi connectivity index (χ2v) is 7.53. The third kappa shape index (κ3) is 5.52. The number of nitrogens with zero attached hydrogens (tertiary/aromatic N) is 3. The molecule has 0 radical (unpaired) electrons. The van der Waals surface area contributed by atoms with E-state index in [9.17, 15) is 4.79 Å². The molecule has 0 unspecified atom stereocenters. The molecule has 0 atom stereocenters. The van der Waals surface area contributed by atoms with Crippen LogP contribution in [0.2, 0.25) is 10.0 Å². The largest absolute Gasteiger partial charge is 0.334 e. The van der Waals surface area contributed by atoms with Gasteiger partial charge in [-0.05, 0) is 42.6 Å². The Kier molecular flexibility index (Phi) is 6.84. The van der Waals surface area contributed by atoms with Crippen molar-refractivity contribution in [2.45, 2.75) is 19.9 Å². The van der Waals surface area contributed by atoms with Gasteiger partial charge in [0.15, 0.2) is 5.82 Å². The predicted molar refractivity (Wildman–Crippen MR) is 108 cm³/mol. The zero-order chi connectivity index (χ0) is 19.2. The number of carbonyl (C=O) groups is 1. The summed E-state index contributed by atoms with van der Waals surface area (Å²) >= 11 is 13.6. The van der Waals surface area contributed by atoms with E-state index in [2.05, 4.69) is 15.5 Å². The molecule has 6 nitrogen and oxygen atoms in total. The van der Waals surface area contributed by atoms with Crippen LogP contribution in [0.5, 0.6) is 0 Å². The zero-order valence-electron chi connectivity index (χ0n) is 14.6. The molecule has 0 saturated carbocycles. The number of thiophene rings is 1. The van der Waals surface area contributed by atoms with E-state index in [-0.39, 0.29) is 12.5 Å². The van der Waals surface area contributed by atoms with E-state index in [0.717, 1.165) is 18.5 Å². The van der Waals surface area contributed by atoms with Crippen LogP contribution in [0.15, 0.2) is 39.5 Å². The maximum Gasteiger partial charge on any atom is 0.258 e. The highest BCUT2D eigenvalue weighted by Gasteiger charge is 2.16. The number of nitrogens with one attached hydrogen (secondary N) is 1. The van der Waals surface area contributed by atoms with Crippen molar-refractivity contribution in [3.05, 3.63) is 50.9 Å². The highest BCUT2D eigenvalue weighted by atomic mass is 35.5. The van der Waals surface area contributed by atoms with E-state index < -0.39 is 0 Å². The molecule has 1 aromatic carbocycles. The van der Waals surface area contributed by atoms with Gasteiger partial charge >= 0.3 is 0 Å². The number of aromatic nitrogens is 2. The van der Waals surface area contributed by atoms with Gasteiger partial charge in [0.25, 0.3) is 5.89 Å². The molecular formula is C18H18Cl2N4O2S. The molecule has 27 heavy (non-hydrogen) atoms. The molecule has 0 fully saturated rings. The third-order valence-corrected chi connectivity index (χ3v) is 4.94. The van der Waals surface area contributed by atoms with Gasteiger partial charge < -0.3 is 9.84 Å². The Balaban J connectivity index is 1.62. The highest BCUT2D eigenvalue weighted by molar-refractivity contribution is 7.08. The molecule has 2 heterocycles. The fourth-order valence-corrected chi connectivity index (χ4v) is 3.62. The van der Waals surface area contributed by atoms with Crippen LogP contribution in [0.1, 0.15) is 19.2 Å². The van der Waals surface area contributed by atoms with Gasteiger partial charge in [-0.3, -0.25) is 9.69 Å². The summed E-state index contributed by atoms with van der Waals surface area (Å²) in [5.41, 5.74) is 1.43. The lowest BCUT2D eigenvalue weighted by molar-refractivity contribution is -0.117. The number of benzene rings is 1. The first-order valence-electron chi connectivity index (χ1n) is 8.37. The first kappa shape index (κ1) is 19.8. The summed E-state index contributed by atoms with van der Waals surface area (Å²) in [6.07, 6.45) is 0.893. The number of carbonyl (C=O) groups excluding carboxylic acids is 1. The van der Waals surface area contributed by atoms with Crippen molar-refractivity contribution in [3.63, 3.8) is 0 Å². The van der Waals surface area contributed by atoms with Crippen molar-refractivity contribution in [3.8, 4) is 11.5 Å². The molecule has 0 aliphatic carbocycles. The van der Waals surface area contributed by atoms with Gasteiger partial charge in [-0.2, -0.15) is 16.3 Å². The lowest BCUT2D eigenvalue weighted by atomic mass is 10.3. The number of halogens is 2. The third-order valence-electron chi connectivity index (χ3n) is 3.71. The molecule has 1 N–H and O–H groups in total. The summed E-state index contributed by atoms with van der Waals surface area (Å²) < 4.78 is 5.30. The fraction of sp³-hybridized carbons (Fsp3) is 0.278. The van der Waals surface area contributed by atoms with Gasteiger partial charge in [-0.25, -0.2) is 0 Å². The van der Waals surface area contributed by atoms with Crippen LogP contribution >= 0.6 is 34.5 Å². The number of rotatable bonds is 8. The van der Waals surface area contributed by atoms with Gasteiger partial charge in [0.05, 0.1) is 29.4 Å². The van der Waals surface area contributed by atoms with Crippen LogP contribution in [0, 0.1) is 0 Å². The number of amides is 1. The smallest absolute Gasteiger partial charge is 0.258 e. The Hall–Kier alpha value is -1.93. The van der Waals surface area contributed by atoms with E-state index in [1.54, 1.807) is 29.5 Å². The minimum atomic E-state index is -0.172. The van der Waals surface area contributed by atoms with Crippen LogP contribution < -0.4 is 5.32 Å². The van der Waals surface area contributed by atoms with Crippen molar-refractivity contribution < 1.29 is 9.32 Å². The van der Waals surface area contributed by atoms with Crippen molar-refractivity contribution in [1.29, 1.82) is 0 Å². The van der Waals surface area contributed by atoms with Crippen LogP contribution in [-0.4, -0.2) is 34.0 Å². The summed E-state index contributed by atoms with van der Waals surface area (Å²) in [5, 5.41) is 11.6. The number of anilines is 1. The second kappa shape index (κ2) is 9.32. The van der Waals surface area contributed by atoms with E-state index in [4.69, 9.17) is 27.7 Å². The summed E-state index contributed by atoms with van der Waals surface area (Å²) in [6.45, 7) is 3.39. The Bertz CT molecular complexity index is 899. The molecule has 0 aliphatic heterocycles. The van der Waals surface area contributed by atoms with Crippen LogP contribution in [0.4, 0.5) is 5.69 Å². The molecule has 1 amide bonds. The SMILES string of the molecule is CCCN(CC(=O)Nc1ccc(Cl)cc1Cl)Cc1noc(-c2ccsc2)n1. The molecule has 9 heteroatoms. The topological polar surface area (TPSA) is 71.3 Å². The van der Waals surface area contributed by atoms with Gasteiger partial charge in [0, 0.05) is 10.4 Å². The molecular weight excluding hydrogens is 407 g/mol. The first-order valence-corrected chi connectivity index (χ1v) is 10.1. The van der Waals surface area contributed by atoms with Gasteiger partial charge in [0.2, 0.25) is 5.91 Å². The van der Waals surface area contributed by atoms with Gasteiger partial charge in [-0.1, -0.05) is 35.3 Å². The van der Waals surface area contributed by atoms with Crippen molar-refractivity contribution in [2.24, 2.45) is 0 Å². The Morgan fingerprint density at radius 3 is 2.89 bits per heavy atom. The fourth-order valence-electron chi connectivity index (χ4n) is 2.54. The molecule has 0 spiro atoms. The van der Waals surface area contributed by atoms with E-state index in [1.807, 2.05) is 28.7 Å². The molecule has 0 bridgehead atoms. The molecule has 2 aromatic heterocycles. The maximum atomic E-state index is 12.4. The lowest BCUT2D eigenvalue weighted by Crippen LogP contribution is -2.33. The first-order chi connectivity index (χ1) is 13.0. The maximum absolute atomic E-state index is 12.4. The summed E-state index contributed by atoms with van der Waals surface area (Å²) in [6, 6.07) is 6.88. The summed E-state index contributed by atoms with van der Waals surface area (Å²) in [4.78, 5) is 18.8. The summed E-state index contributed by atoms with van der Waals surface area (Å²) in [7, 11) is 0. The van der Waals surface area contributed by atoms with Crippen LogP contribution in [-0.2, 0) is 11.3 Å². The quantitative estimate of drug-likeness (QED) is 0.553. The van der Waals surface area contributed by atoms with Crippen LogP contribution in [0.25, 0.3) is 11.5 Å². The molecule has 0 aliphatic rings. The van der Waals surface area contributed by atoms with Gasteiger partial charge in [0.1, 0.15) is 0 Å². The molecule has 3 aromatic rings. The predicted octanol–water partition coefficient (Wildman–Crippen LogP) is 4.96. The van der Waals surface area contributed by atoms with Crippen molar-refractivity contribution in [1.82, 2.24) is 15.0 Å². The average molecular weight is 425 g/mol. The van der Waals surface area contributed by atoms with E-state index >= 15 is 0 Å². The molecule has 142 valence electrons. The minimum Gasteiger partial charge on any atom is -0.334 e. The van der Waals surface area contributed by atoms with Crippen molar-refractivity contribution in [2.75, 3.05) is 18.4 Å². The van der Waals surface area contributed by atoms with Crippen molar-refractivity contribution >= 4 is 46.1 Å². The second-order valence-electron chi connectivity index (χ2n) is 5.91. The summed E-state index contributed by atoms with van der Waals surface area (Å²) in [5.74, 6) is 0.858. The Morgan fingerprint density at radius 1 is 1.33 bits per heavy atom. The molecule has 3 rings (SSSR count). The lowest BCUT2D eigenvalue weighted by Gasteiger charge is -2.19. The normalized spacial score (nSPS) is 11.1. The standard InChI is InChI=1S/C18H18Cl2N4O2S/c1-2-6-24(9-16-22-18(26-23-16)12-5-7-27-11-12)10-17(25)21-15-4-3-13(19)8-14(15)20/h3-5,7-8,11H,2,6,9-10H2,1H3,(H,21,25). The Labute approximate surface area is 171 Å².